The molecule has 1 N–H and O–H groups in total. The van der Waals surface area contributed by atoms with Gasteiger partial charge in [-0.3, -0.25) is 0 Å². The first-order valence-electron chi connectivity index (χ1n) is 7.01. The summed E-state index contributed by atoms with van der Waals surface area (Å²) in [5, 5.41) is 13.2. The zero-order chi connectivity index (χ0) is 16.0. The quantitative estimate of drug-likeness (QED) is 0.861. The van der Waals surface area contributed by atoms with Gasteiger partial charge in [0.05, 0.1) is 10.4 Å². The Balaban J connectivity index is 1.82. The number of hydrogen-bond donors (Lipinski definition) is 1. The Morgan fingerprint density at radius 3 is 2.74 bits per heavy atom. The van der Waals surface area contributed by atoms with Crippen LogP contribution in [0.5, 0.6) is 0 Å². The summed E-state index contributed by atoms with van der Waals surface area (Å²) in [5.41, 5.74) is 3.26. The van der Waals surface area contributed by atoms with Crippen molar-refractivity contribution in [2.24, 2.45) is 5.11 Å². The number of rotatable bonds is 2. The number of carboxylic acid groups (broad SMARTS) is 1. The lowest BCUT2D eigenvalue weighted by Crippen LogP contribution is -2.19. The van der Waals surface area contributed by atoms with Gasteiger partial charge in [0, 0.05) is 11.8 Å². The molecule has 2 heterocycles. The van der Waals surface area contributed by atoms with E-state index >= 15 is 0 Å². The van der Waals surface area contributed by atoms with Gasteiger partial charge in [0.25, 0.3) is 0 Å². The molecule has 2 aliphatic rings. The Morgan fingerprint density at radius 1 is 1.22 bits per heavy atom. The van der Waals surface area contributed by atoms with Crippen molar-refractivity contribution in [3.8, 4) is 11.4 Å². The molecule has 0 radical (unpaired) electrons. The van der Waals surface area contributed by atoms with Crippen LogP contribution in [0.4, 0.5) is 4.39 Å². The number of halogens is 1. The molecule has 4 rings (SSSR count). The molecule has 0 bridgehead atoms. The molecule has 2 aromatic rings. The highest BCUT2D eigenvalue weighted by Gasteiger charge is 2.40. The van der Waals surface area contributed by atoms with Gasteiger partial charge < -0.3 is 5.11 Å². The number of aliphatic carboxylic acids is 1. The second-order valence-electron chi connectivity index (χ2n) is 5.26. The van der Waals surface area contributed by atoms with E-state index in [2.05, 4.69) is 19.9 Å². The van der Waals surface area contributed by atoms with Gasteiger partial charge >= 0.3 is 11.7 Å². The molecule has 0 spiro atoms. The van der Waals surface area contributed by atoms with Crippen LogP contribution in [0, 0.1) is 5.82 Å². The molecule has 0 saturated carbocycles. The van der Waals surface area contributed by atoms with E-state index in [1.807, 2.05) is 0 Å². The summed E-state index contributed by atoms with van der Waals surface area (Å²) in [6, 6.07) is 5.88. The average molecular weight is 309 g/mol. The molecule has 0 fully saturated rings. The van der Waals surface area contributed by atoms with Crippen molar-refractivity contribution in [1.82, 2.24) is 9.97 Å². The molecule has 0 atom stereocenters. The lowest BCUT2D eigenvalue weighted by molar-refractivity contribution is -0.137. The normalized spacial score (nSPS) is 15.3. The molecular formula is C16H10FN4O2+. The number of carbonyl (C=O) groups is 1. The van der Waals surface area contributed by atoms with Gasteiger partial charge in [0.1, 0.15) is 16.6 Å². The second-order valence-corrected chi connectivity index (χ2v) is 5.26. The molecule has 1 aromatic carbocycles. The summed E-state index contributed by atoms with van der Waals surface area (Å²) in [4.78, 5) is 23.8. The lowest BCUT2D eigenvalue weighted by atomic mass is 9.91. The molecule has 0 unspecified atom stereocenters. The summed E-state index contributed by atoms with van der Waals surface area (Å²) in [7, 11) is 0. The zero-order valence-corrected chi connectivity index (χ0v) is 11.8. The lowest BCUT2D eigenvalue weighted by Gasteiger charge is -2.13. The van der Waals surface area contributed by atoms with Crippen LogP contribution in [-0.4, -0.2) is 31.5 Å². The first-order valence-corrected chi connectivity index (χ1v) is 7.01. The van der Waals surface area contributed by atoms with Crippen molar-refractivity contribution < 1.29 is 19.1 Å². The number of hydrogen-bond acceptors (Lipinski definition) is 4. The van der Waals surface area contributed by atoms with Gasteiger partial charge in [0.2, 0.25) is 0 Å². The molecular weight excluding hydrogens is 299 g/mol. The summed E-state index contributed by atoms with van der Waals surface area (Å²) >= 11 is 0. The highest BCUT2D eigenvalue weighted by atomic mass is 19.1. The van der Waals surface area contributed by atoms with Gasteiger partial charge in [0.15, 0.2) is 11.5 Å². The molecule has 1 aliphatic heterocycles. The van der Waals surface area contributed by atoms with Crippen LogP contribution >= 0.6 is 0 Å². The van der Waals surface area contributed by atoms with Crippen molar-refractivity contribution in [2.45, 2.75) is 12.8 Å². The fourth-order valence-corrected chi connectivity index (χ4v) is 2.72. The highest BCUT2D eigenvalue weighted by molar-refractivity contribution is 6.41. The molecule has 112 valence electrons. The van der Waals surface area contributed by atoms with E-state index in [0.717, 1.165) is 5.56 Å². The van der Waals surface area contributed by atoms with Crippen LogP contribution in [0.25, 0.3) is 17.1 Å². The minimum atomic E-state index is -1.09. The highest BCUT2D eigenvalue weighted by Crippen LogP contribution is 2.34. The third-order valence-electron chi connectivity index (χ3n) is 3.86. The number of fused-ring (bicyclic) bond motifs is 2. The van der Waals surface area contributed by atoms with Crippen LogP contribution in [0.15, 0.2) is 41.1 Å². The van der Waals surface area contributed by atoms with Crippen LogP contribution in [0.3, 0.4) is 0 Å². The fraction of sp³-hybridized carbons (Fsp3) is 0.125. The largest absolute Gasteiger partial charge is 0.472 e. The van der Waals surface area contributed by atoms with Gasteiger partial charge in [-0.1, -0.05) is 0 Å². The van der Waals surface area contributed by atoms with E-state index in [1.165, 1.54) is 12.1 Å². The summed E-state index contributed by atoms with van der Waals surface area (Å²) in [6.07, 6.45) is 2.90. The topological polar surface area (TPSA) is 89.5 Å². The zero-order valence-electron chi connectivity index (χ0n) is 11.8. The van der Waals surface area contributed by atoms with Crippen LogP contribution < -0.4 is 0 Å². The second kappa shape index (κ2) is 4.93. The number of nitrogens with zero attached hydrogens (tertiary/aromatic N) is 4. The van der Waals surface area contributed by atoms with E-state index in [1.54, 1.807) is 18.3 Å². The minimum absolute atomic E-state index is 0.0207. The van der Waals surface area contributed by atoms with Crippen molar-refractivity contribution >= 4 is 17.4 Å². The number of benzene rings is 1. The molecule has 0 amide bonds. The molecule has 1 aliphatic carbocycles. The molecule has 6 nitrogen and oxygen atoms in total. The minimum Gasteiger partial charge on any atom is -0.472 e. The predicted molar refractivity (Wildman–Crippen MR) is 78.0 cm³/mol. The van der Waals surface area contributed by atoms with E-state index in [-0.39, 0.29) is 11.5 Å². The Labute approximate surface area is 129 Å². The van der Waals surface area contributed by atoms with Crippen molar-refractivity contribution in [3.63, 3.8) is 0 Å². The first kappa shape index (κ1) is 13.5. The number of aromatic nitrogens is 2. The van der Waals surface area contributed by atoms with Crippen LogP contribution in [0.2, 0.25) is 0 Å². The monoisotopic (exact) mass is 309 g/mol. The first-order chi connectivity index (χ1) is 11.1. The summed E-state index contributed by atoms with van der Waals surface area (Å²) in [6.45, 7) is 0. The fourth-order valence-electron chi connectivity index (χ4n) is 2.72. The van der Waals surface area contributed by atoms with Crippen molar-refractivity contribution in [3.05, 3.63) is 53.1 Å². The Morgan fingerprint density at radius 2 is 2.00 bits per heavy atom. The maximum absolute atomic E-state index is 13.0. The summed E-state index contributed by atoms with van der Waals surface area (Å²) < 4.78 is 13.0. The molecule has 7 heteroatoms. The van der Waals surface area contributed by atoms with Gasteiger partial charge in [-0.25, -0.2) is 19.2 Å². The van der Waals surface area contributed by atoms with E-state index in [4.69, 9.17) is 5.11 Å². The van der Waals surface area contributed by atoms with Crippen LogP contribution in [0.1, 0.15) is 17.7 Å². The predicted octanol–water partition coefficient (Wildman–Crippen LogP) is 2.14. The van der Waals surface area contributed by atoms with E-state index in [9.17, 15) is 9.18 Å². The molecule has 1 aromatic heterocycles. The number of aryl methyl sites for hydroxylation is 1. The Hall–Kier alpha value is -3.18. The SMILES string of the molecule is O=C(O)C1=[N+]=NC2=C1CCc1cnc(-c3ccc(F)cc3)nc12. The van der Waals surface area contributed by atoms with Gasteiger partial charge in [-0.15, -0.1) is 0 Å². The van der Waals surface area contributed by atoms with Crippen molar-refractivity contribution in [2.75, 3.05) is 0 Å². The maximum atomic E-state index is 13.0. The Bertz CT molecular complexity index is 941. The van der Waals surface area contributed by atoms with E-state index < -0.39 is 5.97 Å². The number of carboxylic acids is 1. The van der Waals surface area contributed by atoms with Gasteiger partial charge in [-0.05, 0) is 42.7 Å². The maximum Gasteiger partial charge on any atom is 0.454 e. The Kier molecular flexibility index (Phi) is 2.89. The third-order valence-corrected chi connectivity index (χ3v) is 3.86. The van der Waals surface area contributed by atoms with Gasteiger partial charge in [-0.2, -0.15) is 0 Å². The van der Waals surface area contributed by atoms with Crippen molar-refractivity contribution in [1.29, 1.82) is 0 Å². The summed E-state index contributed by atoms with van der Waals surface area (Å²) in [5.74, 6) is -0.978. The van der Waals surface area contributed by atoms with Crippen LogP contribution in [-0.2, 0) is 11.2 Å². The smallest absolute Gasteiger partial charge is 0.454 e. The standard InChI is InChI=1S/C16H9FN4O2/c17-10-4-1-8(2-5-10)15-18-7-9-3-6-11-13(12(9)19-15)20-21-14(11)16(22)23/h1-2,4-5,7H,3,6H2/p+1. The van der Waals surface area contributed by atoms with E-state index in [0.29, 0.717) is 41.2 Å². The molecule has 23 heavy (non-hydrogen) atoms. The third kappa shape index (κ3) is 2.15. The average Bonchev–Trinajstić information content (AvgIpc) is 3.00. The molecule has 0 saturated heterocycles.